The van der Waals surface area contributed by atoms with E-state index < -0.39 is 0 Å². The molecule has 0 saturated heterocycles. The molecule has 0 aliphatic rings. The molecule has 1 atom stereocenters. The lowest BCUT2D eigenvalue weighted by molar-refractivity contribution is 0.874. The molecule has 21 heavy (non-hydrogen) atoms. The fraction of sp³-hybridized carbons (Fsp3) is 0.267. The monoisotopic (exact) mass is 299 g/mol. The van der Waals surface area contributed by atoms with Gasteiger partial charge in [-0.2, -0.15) is 5.10 Å². The minimum Gasteiger partial charge on any atom is -0.363 e. The molecule has 108 valence electrons. The number of H-pyrrole nitrogens is 1. The van der Waals surface area contributed by atoms with Crippen molar-refractivity contribution >= 4 is 28.6 Å². The van der Waals surface area contributed by atoms with Crippen molar-refractivity contribution in [2.75, 3.05) is 11.1 Å². The van der Waals surface area contributed by atoms with Crippen molar-refractivity contribution in [3.63, 3.8) is 0 Å². The highest BCUT2D eigenvalue weighted by atomic mass is 32.2. The lowest BCUT2D eigenvalue weighted by atomic mass is 10.1. The van der Waals surface area contributed by atoms with Gasteiger partial charge in [0.25, 0.3) is 0 Å². The lowest BCUT2D eigenvalue weighted by Crippen LogP contribution is -2.08. The van der Waals surface area contributed by atoms with Crippen molar-refractivity contribution in [3.8, 4) is 0 Å². The number of fused-ring (bicyclic) bond motifs is 1. The first-order chi connectivity index (χ1) is 10.3. The van der Waals surface area contributed by atoms with E-state index in [4.69, 9.17) is 0 Å². The van der Waals surface area contributed by atoms with Crippen LogP contribution in [0.1, 0.15) is 25.5 Å². The average molecular weight is 299 g/mol. The minimum atomic E-state index is 0.165. The minimum absolute atomic E-state index is 0.165. The van der Waals surface area contributed by atoms with Crippen LogP contribution in [0, 0.1) is 0 Å². The second kappa shape index (κ2) is 6.13. The van der Waals surface area contributed by atoms with Gasteiger partial charge in [0, 0.05) is 10.9 Å². The first kappa shape index (κ1) is 13.9. The van der Waals surface area contributed by atoms with Crippen molar-refractivity contribution in [3.05, 3.63) is 42.4 Å². The van der Waals surface area contributed by atoms with Crippen molar-refractivity contribution < 1.29 is 0 Å². The number of aromatic nitrogens is 4. The maximum Gasteiger partial charge on any atom is 0.160 e. The van der Waals surface area contributed by atoms with Crippen molar-refractivity contribution in [1.82, 2.24) is 20.2 Å². The molecule has 3 aromatic rings. The lowest BCUT2D eigenvalue weighted by Gasteiger charge is -2.15. The molecule has 3 rings (SSSR count). The summed E-state index contributed by atoms with van der Waals surface area (Å²) in [5.74, 6) is 1.89. The molecule has 0 aliphatic carbocycles. The molecule has 6 heteroatoms. The number of nitrogens with zero attached hydrogens (tertiary/aromatic N) is 3. The zero-order valence-corrected chi connectivity index (χ0v) is 12.8. The average Bonchev–Trinajstić information content (AvgIpc) is 2.98. The van der Waals surface area contributed by atoms with Gasteiger partial charge >= 0.3 is 0 Å². The molecule has 5 nitrogen and oxygen atoms in total. The summed E-state index contributed by atoms with van der Waals surface area (Å²) >= 11 is 1.85. The van der Waals surface area contributed by atoms with Crippen LogP contribution in [0.3, 0.4) is 0 Å². The third-order valence-corrected chi connectivity index (χ3v) is 4.19. The molecular formula is C15H17N5S. The Balaban J connectivity index is 1.79. The largest absolute Gasteiger partial charge is 0.363 e. The van der Waals surface area contributed by atoms with Crippen LogP contribution in [0.15, 0.2) is 41.7 Å². The van der Waals surface area contributed by atoms with Gasteiger partial charge in [-0.3, -0.25) is 5.10 Å². The summed E-state index contributed by atoms with van der Waals surface area (Å²) in [6.45, 7) is 4.28. The quantitative estimate of drug-likeness (QED) is 0.704. The van der Waals surface area contributed by atoms with Gasteiger partial charge in [0.15, 0.2) is 5.65 Å². The van der Waals surface area contributed by atoms with Gasteiger partial charge in [0.1, 0.15) is 12.1 Å². The zero-order valence-electron chi connectivity index (χ0n) is 12.0. The Labute approximate surface area is 127 Å². The van der Waals surface area contributed by atoms with E-state index in [0.29, 0.717) is 0 Å². The Bertz CT molecular complexity index is 722. The molecule has 2 aromatic heterocycles. The SMILES string of the molecule is CCSc1ccc(C(C)Nc2ncnc3[nH]ncc23)cc1. The molecule has 2 N–H and O–H groups in total. The van der Waals surface area contributed by atoms with Gasteiger partial charge < -0.3 is 5.32 Å². The number of aromatic amines is 1. The molecule has 1 unspecified atom stereocenters. The van der Waals surface area contributed by atoms with Gasteiger partial charge in [-0.1, -0.05) is 19.1 Å². The number of hydrogen-bond acceptors (Lipinski definition) is 5. The van der Waals surface area contributed by atoms with Gasteiger partial charge in [-0.15, -0.1) is 11.8 Å². The zero-order chi connectivity index (χ0) is 14.7. The molecule has 0 bridgehead atoms. The van der Waals surface area contributed by atoms with E-state index in [9.17, 15) is 0 Å². The number of rotatable bonds is 5. The first-order valence-corrected chi connectivity index (χ1v) is 7.90. The molecule has 2 heterocycles. The van der Waals surface area contributed by atoms with Crippen LogP contribution < -0.4 is 5.32 Å². The molecule has 0 saturated carbocycles. The normalized spacial score (nSPS) is 12.5. The summed E-state index contributed by atoms with van der Waals surface area (Å²) in [5, 5.41) is 11.2. The molecule has 0 aliphatic heterocycles. The van der Waals surface area contributed by atoms with E-state index in [1.807, 2.05) is 11.8 Å². The van der Waals surface area contributed by atoms with Crippen LogP contribution in [-0.4, -0.2) is 25.9 Å². The Kier molecular flexibility index (Phi) is 4.06. The molecule has 0 radical (unpaired) electrons. The van der Waals surface area contributed by atoms with Crippen LogP contribution in [0.2, 0.25) is 0 Å². The highest BCUT2D eigenvalue weighted by Gasteiger charge is 2.10. The Morgan fingerprint density at radius 1 is 1.24 bits per heavy atom. The standard InChI is InChI=1S/C15H17N5S/c1-3-21-12-6-4-11(5-7-12)10(2)19-14-13-8-18-20-15(13)17-9-16-14/h4-10H,3H2,1-2H3,(H2,16,17,18,19,20). The Morgan fingerprint density at radius 2 is 2.05 bits per heavy atom. The fourth-order valence-corrected chi connectivity index (χ4v) is 2.85. The van der Waals surface area contributed by atoms with Crippen LogP contribution in [0.5, 0.6) is 0 Å². The number of hydrogen-bond donors (Lipinski definition) is 2. The van der Waals surface area contributed by atoms with E-state index in [0.717, 1.165) is 22.6 Å². The van der Waals surface area contributed by atoms with Gasteiger partial charge in [-0.25, -0.2) is 9.97 Å². The predicted octanol–water partition coefficient (Wildman–Crippen LogP) is 3.64. The van der Waals surface area contributed by atoms with E-state index in [1.165, 1.54) is 16.8 Å². The fourth-order valence-electron chi connectivity index (χ4n) is 2.19. The third-order valence-electron chi connectivity index (χ3n) is 3.29. The number of nitrogens with one attached hydrogen (secondary N) is 2. The third kappa shape index (κ3) is 3.00. The van der Waals surface area contributed by atoms with E-state index in [1.54, 1.807) is 6.20 Å². The highest BCUT2D eigenvalue weighted by molar-refractivity contribution is 7.99. The molecule has 1 aromatic carbocycles. The Hall–Kier alpha value is -2.08. The summed E-state index contributed by atoms with van der Waals surface area (Å²) in [4.78, 5) is 9.75. The highest BCUT2D eigenvalue weighted by Crippen LogP contribution is 2.25. The van der Waals surface area contributed by atoms with Gasteiger partial charge in [0.2, 0.25) is 0 Å². The first-order valence-electron chi connectivity index (χ1n) is 6.91. The van der Waals surface area contributed by atoms with Crippen LogP contribution in [0.25, 0.3) is 11.0 Å². The van der Waals surface area contributed by atoms with Crippen molar-refractivity contribution in [2.45, 2.75) is 24.8 Å². The van der Waals surface area contributed by atoms with Crippen LogP contribution >= 0.6 is 11.8 Å². The molecular weight excluding hydrogens is 282 g/mol. The van der Waals surface area contributed by atoms with Crippen molar-refractivity contribution in [1.29, 1.82) is 0 Å². The topological polar surface area (TPSA) is 66.5 Å². The van der Waals surface area contributed by atoms with E-state index >= 15 is 0 Å². The second-order valence-electron chi connectivity index (χ2n) is 4.72. The maximum absolute atomic E-state index is 4.31. The Morgan fingerprint density at radius 3 is 2.81 bits per heavy atom. The summed E-state index contributed by atoms with van der Waals surface area (Å²) in [6, 6.07) is 8.80. The number of anilines is 1. The van der Waals surface area contributed by atoms with E-state index in [2.05, 4.69) is 63.6 Å². The van der Waals surface area contributed by atoms with Gasteiger partial charge in [0.05, 0.1) is 11.6 Å². The van der Waals surface area contributed by atoms with Gasteiger partial charge in [-0.05, 0) is 30.4 Å². The van der Waals surface area contributed by atoms with Crippen molar-refractivity contribution in [2.24, 2.45) is 0 Å². The summed E-state index contributed by atoms with van der Waals surface area (Å²) in [7, 11) is 0. The summed E-state index contributed by atoms with van der Waals surface area (Å²) < 4.78 is 0. The number of benzene rings is 1. The van der Waals surface area contributed by atoms with Crippen LogP contribution in [0.4, 0.5) is 5.82 Å². The summed E-state index contributed by atoms with van der Waals surface area (Å²) in [5.41, 5.74) is 1.97. The van der Waals surface area contributed by atoms with E-state index in [-0.39, 0.29) is 6.04 Å². The maximum atomic E-state index is 4.31. The predicted molar refractivity (Wildman–Crippen MR) is 86.6 cm³/mol. The van der Waals surface area contributed by atoms with Crippen LogP contribution in [-0.2, 0) is 0 Å². The molecule has 0 fully saturated rings. The number of thioether (sulfide) groups is 1. The smallest absolute Gasteiger partial charge is 0.160 e. The molecule has 0 spiro atoms. The molecule has 0 amide bonds. The summed E-state index contributed by atoms with van der Waals surface area (Å²) in [6.07, 6.45) is 3.28. The second-order valence-corrected chi connectivity index (χ2v) is 6.06.